The van der Waals surface area contributed by atoms with Crippen LogP contribution in [-0.2, 0) is 0 Å². The van der Waals surface area contributed by atoms with Crippen LogP contribution in [0.1, 0.15) is 27.0 Å². The summed E-state index contributed by atoms with van der Waals surface area (Å²) in [6.45, 7) is 3.70. The molecule has 0 saturated heterocycles. The summed E-state index contributed by atoms with van der Waals surface area (Å²) in [6, 6.07) is 13.1. The number of hydrogen-bond acceptors (Lipinski definition) is 3. The molecule has 0 spiro atoms. The molecule has 2 aromatic rings. The van der Waals surface area contributed by atoms with Crippen LogP contribution in [0.4, 0.5) is 0 Å². The fraction of sp³-hybridized carbons (Fsp3) is 0.125. The minimum Gasteiger partial charge on any atom is -0.478 e. The first-order valence-corrected chi connectivity index (χ1v) is 6.85. The second-order valence-corrected chi connectivity index (χ2v) is 5.61. The minimum absolute atomic E-state index is 0.292. The van der Waals surface area contributed by atoms with Crippen molar-refractivity contribution in [3.63, 3.8) is 0 Å². The van der Waals surface area contributed by atoms with Crippen LogP contribution in [0.15, 0.2) is 46.2 Å². The van der Waals surface area contributed by atoms with Gasteiger partial charge in [0.2, 0.25) is 0 Å². The van der Waals surface area contributed by atoms with Crippen LogP contribution < -0.4 is 0 Å². The van der Waals surface area contributed by atoms with E-state index in [2.05, 4.69) is 6.07 Å². The molecule has 2 rings (SSSR count). The molecule has 0 heterocycles. The summed E-state index contributed by atoms with van der Waals surface area (Å²) >= 11 is 1.40. The predicted octanol–water partition coefficient (Wildman–Crippen LogP) is 4.02. The number of nitriles is 1. The van der Waals surface area contributed by atoms with Crippen LogP contribution in [0.25, 0.3) is 0 Å². The zero-order valence-corrected chi connectivity index (χ0v) is 12.0. The molecule has 4 heteroatoms. The number of carboxylic acids is 1. The van der Waals surface area contributed by atoms with Gasteiger partial charge in [-0.3, -0.25) is 0 Å². The maximum absolute atomic E-state index is 11.1. The quantitative estimate of drug-likeness (QED) is 0.924. The van der Waals surface area contributed by atoms with E-state index in [-0.39, 0.29) is 0 Å². The molecule has 0 aliphatic rings. The van der Waals surface area contributed by atoms with Crippen LogP contribution in [0.5, 0.6) is 0 Å². The molecule has 0 amide bonds. The minimum atomic E-state index is -0.936. The van der Waals surface area contributed by atoms with Crippen molar-refractivity contribution >= 4 is 17.7 Å². The van der Waals surface area contributed by atoms with Gasteiger partial charge in [-0.2, -0.15) is 5.26 Å². The average Bonchev–Trinajstić information content (AvgIpc) is 2.42. The highest BCUT2D eigenvalue weighted by Gasteiger charge is 2.10. The zero-order valence-electron chi connectivity index (χ0n) is 11.2. The van der Waals surface area contributed by atoms with E-state index in [1.807, 2.05) is 31.2 Å². The maximum Gasteiger partial charge on any atom is 0.335 e. The number of aryl methyl sites for hydroxylation is 2. The summed E-state index contributed by atoms with van der Waals surface area (Å²) < 4.78 is 0. The first kappa shape index (κ1) is 14.2. The molecule has 0 saturated carbocycles. The molecular formula is C16H13NO2S. The molecule has 2 aromatic carbocycles. The van der Waals surface area contributed by atoms with Crippen LogP contribution >= 0.6 is 11.8 Å². The fourth-order valence-corrected chi connectivity index (χ4v) is 2.76. The lowest BCUT2D eigenvalue weighted by Gasteiger charge is -2.07. The molecule has 0 atom stereocenters. The lowest BCUT2D eigenvalue weighted by molar-refractivity contribution is 0.0696. The van der Waals surface area contributed by atoms with Gasteiger partial charge in [-0.15, -0.1) is 0 Å². The van der Waals surface area contributed by atoms with Gasteiger partial charge in [-0.1, -0.05) is 23.9 Å². The van der Waals surface area contributed by atoms with Crippen molar-refractivity contribution < 1.29 is 9.90 Å². The molecule has 0 unspecified atom stereocenters. The molecule has 20 heavy (non-hydrogen) atoms. The summed E-state index contributed by atoms with van der Waals surface area (Å²) in [7, 11) is 0. The van der Waals surface area contributed by atoms with E-state index in [1.54, 1.807) is 19.1 Å². The van der Waals surface area contributed by atoms with Crippen molar-refractivity contribution in [3.8, 4) is 6.07 Å². The Morgan fingerprint density at radius 1 is 1.20 bits per heavy atom. The third-order valence-electron chi connectivity index (χ3n) is 2.92. The van der Waals surface area contributed by atoms with Gasteiger partial charge in [0.25, 0.3) is 0 Å². The van der Waals surface area contributed by atoms with Crippen LogP contribution in [0.3, 0.4) is 0 Å². The SMILES string of the molecule is Cc1ccc(Sc2ccc(C)c(C(=O)O)c2)c(C#N)c1. The standard InChI is InChI=1S/C16H13NO2S/c1-10-3-6-15(12(7-10)9-17)20-13-5-4-11(2)14(8-13)16(18)19/h3-8H,1-2H3,(H,18,19). The summed E-state index contributed by atoms with van der Waals surface area (Å²) in [5.74, 6) is -0.936. The molecule has 1 N–H and O–H groups in total. The van der Waals surface area contributed by atoms with Crippen LogP contribution in [0.2, 0.25) is 0 Å². The topological polar surface area (TPSA) is 61.1 Å². The lowest BCUT2D eigenvalue weighted by Crippen LogP contribution is -1.99. The van der Waals surface area contributed by atoms with Gasteiger partial charge in [-0.05, 0) is 49.2 Å². The Labute approximate surface area is 121 Å². The van der Waals surface area contributed by atoms with Gasteiger partial charge in [0.05, 0.1) is 11.1 Å². The van der Waals surface area contributed by atoms with E-state index >= 15 is 0 Å². The van der Waals surface area contributed by atoms with Gasteiger partial charge in [-0.25, -0.2) is 4.79 Å². The van der Waals surface area contributed by atoms with E-state index in [0.29, 0.717) is 11.1 Å². The van der Waals surface area contributed by atoms with Crippen molar-refractivity contribution in [1.82, 2.24) is 0 Å². The molecule has 0 aliphatic heterocycles. The molecule has 0 fully saturated rings. The van der Waals surface area contributed by atoms with Gasteiger partial charge in [0.15, 0.2) is 0 Å². The van der Waals surface area contributed by atoms with E-state index in [1.165, 1.54) is 11.8 Å². The molecule has 0 aliphatic carbocycles. The number of aromatic carboxylic acids is 1. The molecule has 0 radical (unpaired) electrons. The molecule has 100 valence electrons. The van der Waals surface area contributed by atoms with Crippen molar-refractivity contribution in [1.29, 1.82) is 5.26 Å². The summed E-state index contributed by atoms with van der Waals surface area (Å²) in [5.41, 5.74) is 2.65. The Hall–Kier alpha value is -2.25. The van der Waals surface area contributed by atoms with Crippen molar-refractivity contribution in [3.05, 3.63) is 58.7 Å². The largest absolute Gasteiger partial charge is 0.478 e. The summed E-state index contributed by atoms with van der Waals surface area (Å²) in [5, 5.41) is 18.3. The van der Waals surface area contributed by atoms with Crippen LogP contribution in [0, 0.1) is 25.2 Å². The van der Waals surface area contributed by atoms with Crippen LogP contribution in [-0.4, -0.2) is 11.1 Å². The lowest BCUT2D eigenvalue weighted by atomic mass is 10.1. The third-order valence-corrected chi connectivity index (χ3v) is 3.99. The molecule has 3 nitrogen and oxygen atoms in total. The van der Waals surface area contributed by atoms with Gasteiger partial charge in [0, 0.05) is 9.79 Å². The van der Waals surface area contributed by atoms with Gasteiger partial charge >= 0.3 is 5.97 Å². The number of carbonyl (C=O) groups is 1. The van der Waals surface area contributed by atoms with E-state index in [9.17, 15) is 4.79 Å². The maximum atomic E-state index is 11.1. The molecule has 0 bridgehead atoms. The Morgan fingerprint density at radius 3 is 2.60 bits per heavy atom. The second-order valence-electron chi connectivity index (χ2n) is 4.50. The number of hydrogen-bond donors (Lipinski definition) is 1. The first-order chi connectivity index (χ1) is 9.51. The molecule has 0 aromatic heterocycles. The van der Waals surface area contributed by atoms with Gasteiger partial charge < -0.3 is 5.11 Å². The van der Waals surface area contributed by atoms with Crippen molar-refractivity contribution in [2.45, 2.75) is 23.6 Å². The Morgan fingerprint density at radius 2 is 1.95 bits per heavy atom. The summed E-state index contributed by atoms with van der Waals surface area (Å²) in [6.07, 6.45) is 0. The predicted molar refractivity (Wildman–Crippen MR) is 78.2 cm³/mol. The number of carboxylic acid groups (broad SMARTS) is 1. The van der Waals surface area contributed by atoms with Crippen molar-refractivity contribution in [2.75, 3.05) is 0 Å². The smallest absolute Gasteiger partial charge is 0.335 e. The number of rotatable bonds is 3. The van der Waals surface area contributed by atoms with Gasteiger partial charge in [0.1, 0.15) is 6.07 Å². The Bertz CT molecular complexity index is 717. The zero-order chi connectivity index (χ0) is 14.7. The number of nitrogens with zero attached hydrogens (tertiary/aromatic N) is 1. The van der Waals surface area contributed by atoms with E-state index < -0.39 is 5.97 Å². The number of benzene rings is 2. The highest BCUT2D eigenvalue weighted by molar-refractivity contribution is 7.99. The highest BCUT2D eigenvalue weighted by atomic mass is 32.2. The first-order valence-electron chi connectivity index (χ1n) is 6.04. The Kier molecular flexibility index (Phi) is 4.11. The van der Waals surface area contributed by atoms with E-state index in [0.717, 1.165) is 20.9 Å². The summed E-state index contributed by atoms with van der Waals surface area (Å²) in [4.78, 5) is 12.8. The fourth-order valence-electron chi connectivity index (χ4n) is 1.84. The third kappa shape index (κ3) is 3.01. The Balaban J connectivity index is 2.38. The highest BCUT2D eigenvalue weighted by Crippen LogP contribution is 2.31. The normalized spacial score (nSPS) is 10.1. The molecular weight excluding hydrogens is 270 g/mol. The second kappa shape index (κ2) is 5.81. The average molecular weight is 283 g/mol. The van der Waals surface area contributed by atoms with E-state index in [4.69, 9.17) is 10.4 Å². The monoisotopic (exact) mass is 283 g/mol. The van der Waals surface area contributed by atoms with Crippen molar-refractivity contribution in [2.24, 2.45) is 0 Å².